The topological polar surface area (TPSA) is 64.0 Å². The average molecular weight is 347 g/mol. The van der Waals surface area contributed by atoms with Gasteiger partial charge in [0.1, 0.15) is 0 Å². The lowest BCUT2D eigenvalue weighted by Gasteiger charge is -2.16. The van der Waals surface area contributed by atoms with E-state index >= 15 is 0 Å². The van der Waals surface area contributed by atoms with Crippen molar-refractivity contribution in [2.75, 3.05) is 6.54 Å². The van der Waals surface area contributed by atoms with Gasteiger partial charge >= 0.3 is 0 Å². The normalized spacial score (nSPS) is 12.5. The van der Waals surface area contributed by atoms with Gasteiger partial charge in [0.15, 0.2) is 5.16 Å². The molecule has 6 heteroatoms. The Hall–Kier alpha value is -1.82. The standard InChI is InChI=1S/C18H25N3O2S/c1-5-19-16(22)13(4)24-18-20-15-9-7-6-8-14(15)17(23)21(18)11-10-12(2)3/h6-9,12-13H,5,10-11H2,1-4H3,(H,19,22)/t13-/m1/s1. The highest BCUT2D eigenvalue weighted by molar-refractivity contribution is 8.00. The predicted octanol–water partition coefficient (Wildman–Crippen LogP) is 3.06. The van der Waals surface area contributed by atoms with Crippen molar-refractivity contribution in [1.82, 2.24) is 14.9 Å². The molecule has 1 amide bonds. The lowest BCUT2D eigenvalue weighted by molar-refractivity contribution is -0.120. The van der Waals surface area contributed by atoms with E-state index in [1.807, 2.05) is 32.0 Å². The first kappa shape index (κ1) is 18.5. The average Bonchev–Trinajstić information content (AvgIpc) is 2.54. The van der Waals surface area contributed by atoms with E-state index in [4.69, 9.17) is 0 Å². The van der Waals surface area contributed by atoms with E-state index in [1.165, 1.54) is 11.8 Å². The fourth-order valence-corrected chi connectivity index (χ4v) is 3.31. The number of nitrogens with one attached hydrogen (secondary N) is 1. The van der Waals surface area contributed by atoms with Crippen LogP contribution >= 0.6 is 11.8 Å². The van der Waals surface area contributed by atoms with Crippen molar-refractivity contribution in [1.29, 1.82) is 0 Å². The summed E-state index contributed by atoms with van der Waals surface area (Å²) in [5, 5.41) is 3.74. The van der Waals surface area contributed by atoms with Crippen molar-refractivity contribution < 1.29 is 4.79 Å². The second kappa shape index (κ2) is 8.33. The molecule has 0 radical (unpaired) electrons. The Balaban J connectivity index is 2.43. The van der Waals surface area contributed by atoms with Gasteiger partial charge in [-0.25, -0.2) is 4.98 Å². The third-order valence-electron chi connectivity index (χ3n) is 3.76. The van der Waals surface area contributed by atoms with Gasteiger partial charge in [0.25, 0.3) is 5.56 Å². The van der Waals surface area contributed by atoms with E-state index in [0.717, 1.165) is 6.42 Å². The summed E-state index contributed by atoms with van der Waals surface area (Å²) >= 11 is 1.34. The minimum atomic E-state index is -0.302. The van der Waals surface area contributed by atoms with Crippen molar-refractivity contribution >= 4 is 28.6 Å². The van der Waals surface area contributed by atoms with Gasteiger partial charge in [0.05, 0.1) is 16.2 Å². The number of thioether (sulfide) groups is 1. The third-order valence-corrected chi connectivity index (χ3v) is 4.85. The van der Waals surface area contributed by atoms with Crippen molar-refractivity contribution in [3.63, 3.8) is 0 Å². The van der Waals surface area contributed by atoms with E-state index in [2.05, 4.69) is 24.1 Å². The van der Waals surface area contributed by atoms with Crippen LogP contribution < -0.4 is 10.9 Å². The first-order valence-electron chi connectivity index (χ1n) is 8.38. The summed E-state index contributed by atoms with van der Waals surface area (Å²) in [6.07, 6.45) is 0.892. The predicted molar refractivity (Wildman–Crippen MR) is 99.5 cm³/mol. The van der Waals surface area contributed by atoms with Gasteiger partial charge in [-0.1, -0.05) is 37.7 Å². The third kappa shape index (κ3) is 4.38. The van der Waals surface area contributed by atoms with E-state index in [0.29, 0.717) is 35.1 Å². The number of rotatable bonds is 7. The van der Waals surface area contributed by atoms with E-state index in [1.54, 1.807) is 10.6 Å². The highest BCUT2D eigenvalue weighted by atomic mass is 32.2. The van der Waals surface area contributed by atoms with Crippen molar-refractivity contribution in [3.8, 4) is 0 Å². The Kier molecular flexibility index (Phi) is 6.43. The van der Waals surface area contributed by atoms with Gasteiger partial charge in [-0.2, -0.15) is 0 Å². The fourth-order valence-electron chi connectivity index (χ4n) is 2.35. The Bertz CT molecular complexity index is 770. The molecule has 0 bridgehead atoms. The summed E-state index contributed by atoms with van der Waals surface area (Å²) in [6.45, 7) is 9.19. The fraction of sp³-hybridized carbons (Fsp3) is 0.500. The van der Waals surface area contributed by atoms with Crippen LogP contribution in [0.2, 0.25) is 0 Å². The summed E-state index contributed by atoms with van der Waals surface area (Å²) in [5.41, 5.74) is 0.640. The minimum Gasteiger partial charge on any atom is -0.355 e. The molecular weight excluding hydrogens is 322 g/mol. The second-order valence-electron chi connectivity index (χ2n) is 6.21. The largest absolute Gasteiger partial charge is 0.355 e. The van der Waals surface area contributed by atoms with Crippen molar-refractivity contribution in [2.45, 2.75) is 51.1 Å². The molecule has 0 saturated carbocycles. The maximum absolute atomic E-state index is 12.8. The molecule has 5 nitrogen and oxygen atoms in total. The summed E-state index contributed by atoms with van der Waals surface area (Å²) < 4.78 is 1.71. The Morgan fingerprint density at radius 1 is 1.29 bits per heavy atom. The molecule has 0 saturated heterocycles. The molecule has 1 heterocycles. The number of benzene rings is 1. The highest BCUT2D eigenvalue weighted by Gasteiger charge is 2.19. The quantitative estimate of drug-likeness (QED) is 0.617. The number of fused-ring (bicyclic) bond motifs is 1. The molecule has 2 rings (SSSR count). The molecule has 130 valence electrons. The van der Waals surface area contributed by atoms with Crippen LogP contribution in [-0.2, 0) is 11.3 Å². The van der Waals surface area contributed by atoms with E-state index in [9.17, 15) is 9.59 Å². The first-order chi connectivity index (χ1) is 11.4. The van der Waals surface area contributed by atoms with Crippen LogP contribution in [-0.4, -0.2) is 27.3 Å². The molecule has 1 aromatic carbocycles. The van der Waals surface area contributed by atoms with Gasteiger partial charge in [-0.3, -0.25) is 14.2 Å². The molecule has 0 aliphatic carbocycles. The van der Waals surface area contributed by atoms with Crippen LogP contribution in [0, 0.1) is 5.92 Å². The zero-order chi connectivity index (χ0) is 17.7. The monoisotopic (exact) mass is 347 g/mol. The molecule has 1 atom stereocenters. The van der Waals surface area contributed by atoms with Crippen LogP contribution in [0.3, 0.4) is 0 Å². The van der Waals surface area contributed by atoms with E-state index in [-0.39, 0.29) is 16.7 Å². The maximum atomic E-state index is 12.8. The number of carbonyl (C=O) groups excluding carboxylic acids is 1. The molecule has 24 heavy (non-hydrogen) atoms. The number of carbonyl (C=O) groups is 1. The maximum Gasteiger partial charge on any atom is 0.262 e. The Morgan fingerprint density at radius 3 is 2.67 bits per heavy atom. The summed E-state index contributed by atoms with van der Waals surface area (Å²) in [7, 11) is 0. The number of aromatic nitrogens is 2. The lowest BCUT2D eigenvalue weighted by atomic mass is 10.1. The number of amides is 1. The zero-order valence-corrected chi connectivity index (χ0v) is 15.5. The Morgan fingerprint density at radius 2 is 2.00 bits per heavy atom. The molecule has 0 aliphatic heterocycles. The van der Waals surface area contributed by atoms with Crippen LogP contribution in [0.5, 0.6) is 0 Å². The zero-order valence-electron chi connectivity index (χ0n) is 14.7. The smallest absolute Gasteiger partial charge is 0.262 e. The van der Waals surface area contributed by atoms with Crippen LogP contribution in [0.4, 0.5) is 0 Å². The number of hydrogen-bond donors (Lipinski definition) is 1. The van der Waals surface area contributed by atoms with Crippen LogP contribution in [0.15, 0.2) is 34.2 Å². The summed E-state index contributed by atoms with van der Waals surface area (Å²) in [6, 6.07) is 7.36. The molecule has 0 aliphatic rings. The van der Waals surface area contributed by atoms with Gasteiger partial charge < -0.3 is 5.32 Å². The number of nitrogens with zero attached hydrogens (tertiary/aromatic N) is 2. The lowest BCUT2D eigenvalue weighted by Crippen LogP contribution is -2.32. The van der Waals surface area contributed by atoms with Gasteiger partial charge in [-0.05, 0) is 38.3 Å². The molecule has 0 fully saturated rings. The van der Waals surface area contributed by atoms with Crippen molar-refractivity contribution in [2.24, 2.45) is 5.92 Å². The Labute approximate surface area is 146 Å². The van der Waals surface area contributed by atoms with E-state index < -0.39 is 0 Å². The molecule has 1 aromatic heterocycles. The van der Waals surface area contributed by atoms with Crippen LogP contribution in [0.25, 0.3) is 10.9 Å². The van der Waals surface area contributed by atoms with Crippen molar-refractivity contribution in [3.05, 3.63) is 34.6 Å². The molecule has 0 unspecified atom stereocenters. The minimum absolute atomic E-state index is 0.0353. The first-order valence-corrected chi connectivity index (χ1v) is 9.26. The number of hydrogen-bond acceptors (Lipinski definition) is 4. The summed E-state index contributed by atoms with van der Waals surface area (Å²) in [4.78, 5) is 29.5. The van der Waals surface area contributed by atoms with Gasteiger partial charge in [0, 0.05) is 13.1 Å². The molecule has 1 N–H and O–H groups in total. The number of para-hydroxylation sites is 1. The summed E-state index contributed by atoms with van der Waals surface area (Å²) in [5.74, 6) is 0.447. The molecular formula is C18H25N3O2S. The molecule has 2 aromatic rings. The van der Waals surface area contributed by atoms with Crippen LogP contribution in [0.1, 0.15) is 34.1 Å². The highest BCUT2D eigenvalue weighted by Crippen LogP contribution is 2.23. The molecule has 0 spiro atoms. The van der Waals surface area contributed by atoms with Gasteiger partial charge in [-0.15, -0.1) is 0 Å². The SMILES string of the molecule is CCNC(=O)[C@@H](C)Sc1nc2ccccc2c(=O)n1CCC(C)C. The second-order valence-corrected chi connectivity index (χ2v) is 7.51. The van der Waals surface area contributed by atoms with Gasteiger partial charge in [0.2, 0.25) is 5.91 Å².